The van der Waals surface area contributed by atoms with Crippen molar-refractivity contribution in [2.24, 2.45) is 0 Å². The zero-order valence-corrected chi connectivity index (χ0v) is 17.1. The molecule has 0 bridgehead atoms. The minimum atomic E-state index is -0.787. The van der Waals surface area contributed by atoms with Crippen LogP contribution in [0.4, 0.5) is 4.79 Å². The number of carbonyl (C=O) groups is 3. The van der Waals surface area contributed by atoms with Crippen LogP contribution in [0.5, 0.6) is 5.75 Å². The molecule has 0 fully saturated rings. The van der Waals surface area contributed by atoms with Crippen molar-refractivity contribution in [2.75, 3.05) is 19.7 Å². The second-order valence-corrected chi connectivity index (χ2v) is 6.40. The SMILES string of the molecule is CCOC(=O)Oc1ccc(C(=O)NCCCNC(=O)/C=C/c2ccccc2C)cc1. The van der Waals surface area contributed by atoms with Gasteiger partial charge in [-0.3, -0.25) is 9.59 Å². The average Bonchev–Trinajstić information content (AvgIpc) is 2.73. The van der Waals surface area contributed by atoms with E-state index in [-0.39, 0.29) is 18.4 Å². The van der Waals surface area contributed by atoms with E-state index in [0.717, 1.165) is 11.1 Å². The van der Waals surface area contributed by atoms with E-state index in [1.165, 1.54) is 18.2 Å². The molecule has 0 saturated heterocycles. The molecule has 2 rings (SSSR count). The summed E-state index contributed by atoms with van der Waals surface area (Å²) in [4.78, 5) is 35.2. The number of rotatable bonds is 9. The van der Waals surface area contributed by atoms with Gasteiger partial charge in [-0.2, -0.15) is 0 Å². The summed E-state index contributed by atoms with van der Waals surface area (Å²) in [5.41, 5.74) is 2.54. The third-order valence-corrected chi connectivity index (χ3v) is 4.12. The van der Waals surface area contributed by atoms with Crippen LogP contribution >= 0.6 is 0 Å². The molecule has 0 atom stereocenters. The third kappa shape index (κ3) is 7.79. The Kier molecular flexibility index (Phi) is 9.12. The standard InChI is InChI=1S/C23H26N2O5/c1-3-29-23(28)30-20-12-9-19(10-13-20)22(27)25-16-6-15-24-21(26)14-11-18-8-5-4-7-17(18)2/h4-5,7-14H,3,6,15-16H2,1-2H3,(H,24,26)(H,25,27)/b14-11+. The number of nitrogens with one attached hydrogen (secondary N) is 2. The summed E-state index contributed by atoms with van der Waals surface area (Å²) >= 11 is 0. The molecule has 0 heterocycles. The summed E-state index contributed by atoms with van der Waals surface area (Å²) in [7, 11) is 0. The maximum Gasteiger partial charge on any atom is 0.513 e. The summed E-state index contributed by atoms with van der Waals surface area (Å²) in [6, 6.07) is 14.0. The van der Waals surface area contributed by atoms with Crippen LogP contribution in [0, 0.1) is 6.92 Å². The number of hydrogen-bond acceptors (Lipinski definition) is 5. The molecule has 7 nitrogen and oxygen atoms in total. The maximum absolute atomic E-state index is 12.1. The Morgan fingerprint density at radius 2 is 1.67 bits per heavy atom. The monoisotopic (exact) mass is 410 g/mol. The zero-order valence-electron chi connectivity index (χ0n) is 17.1. The van der Waals surface area contributed by atoms with Crippen LogP contribution in [-0.2, 0) is 9.53 Å². The van der Waals surface area contributed by atoms with Crippen molar-refractivity contribution in [3.8, 4) is 5.75 Å². The lowest BCUT2D eigenvalue weighted by atomic mass is 10.1. The lowest BCUT2D eigenvalue weighted by Crippen LogP contribution is -2.29. The van der Waals surface area contributed by atoms with Crippen LogP contribution in [0.1, 0.15) is 34.8 Å². The van der Waals surface area contributed by atoms with E-state index in [9.17, 15) is 14.4 Å². The number of carbonyl (C=O) groups excluding carboxylic acids is 3. The fraction of sp³-hybridized carbons (Fsp3) is 0.261. The number of benzene rings is 2. The first-order valence-electron chi connectivity index (χ1n) is 9.74. The molecule has 7 heteroatoms. The second kappa shape index (κ2) is 12.1. The van der Waals surface area contributed by atoms with Crippen molar-refractivity contribution in [3.63, 3.8) is 0 Å². The van der Waals surface area contributed by atoms with Gasteiger partial charge in [-0.05, 0) is 61.7 Å². The fourth-order valence-corrected chi connectivity index (χ4v) is 2.52. The zero-order chi connectivity index (χ0) is 21.8. The number of amides is 2. The molecule has 0 unspecified atom stereocenters. The lowest BCUT2D eigenvalue weighted by Gasteiger charge is -2.07. The van der Waals surface area contributed by atoms with Gasteiger partial charge in [0.25, 0.3) is 5.91 Å². The van der Waals surface area contributed by atoms with E-state index in [4.69, 9.17) is 4.74 Å². The highest BCUT2D eigenvalue weighted by Gasteiger charge is 2.08. The fourth-order valence-electron chi connectivity index (χ4n) is 2.52. The summed E-state index contributed by atoms with van der Waals surface area (Å²) < 4.78 is 9.63. The molecule has 2 N–H and O–H groups in total. The van der Waals surface area contributed by atoms with E-state index >= 15 is 0 Å². The van der Waals surface area contributed by atoms with Gasteiger partial charge >= 0.3 is 6.16 Å². The Bertz CT molecular complexity index is 891. The molecule has 0 spiro atoms. The summed E-state index contributed by atoms with van der Waals surface area (Å²) in [5.74, 6) is -0.128. The highest BCUT2D eigenvalue weighted by Crippen LogP contribution is 2.13. The predicted octanol–water partition coefficient (Wildman–Crippen LogP) is 3.48. The first kappa shape index (κ1) is 22.7. The van der Waals surface area contributed by atoms with Crippen molar-refractivity contribution in [2.45, 2.75) is 20.3 Å². The van der Waals surface area contributed by atoms with Gasteiger partial charge < -0.3 is 20.1 Å². The van der Waals surface area contributed by atoms with E-state index in [1.807, 2.05) is 31.2 Å². The summed E-state index contributed by atoms with van der Waals surface area (Å²) in [6.45, 7) is 4.76. The van der Waals surface area contributed by atoms with Crippen LogP contribution in [-0.4, -0.2) is 37.7 Å². The maximum atomic E-state index is 12.1. The molecule has 0 aliphatic rings. The molecule has 0 aromatic heterocycles. The van der Waals surface area contributed by atoms with Crippen molar-refractivity contribution in [1.29, 1.82) is 0 Å². The number of aryl methyl sites for hydroxylation is 1. The minimum absolute atomic E-state index is 0.179. The van der Waals surface area contributed by atoms with Gasteiger partial charge in [0.1, 0.15) is 5.75 Å². The Hall–Kier alpha value is -3.61. The Balaban J connectivity index is 1.66. The molecule has 0 aliphatic heterocycles. The Morgan fingerprint density at radius 3 is 2.37 bits per heavy atom. The van der Waals surface area contributed by atoms with Crippen LogP contribution in [0.2, 0.25) is 0 Å². The first-order valence-corrected chi connectivity index (χ1v) is 9.74. The molecule has 2 aromatic rings. The van der Waals surface area contributed by atoms with Gasteiger partial charge in [-0.1, -0.05) is 24.3 Å². The summed E-state index contributed by atoms with van der Waals surface area (Å²) in [6.07, 6.45) is 3.09. The molecule has 0 aliphatic carbocycles. The van der Waals surface area contributed by atoms with E-state index in [1.54, 1.807) is 25.1 Å². The smallest absolute Gasteiger partial charge is 0.434 e. The van der Waals surface area contributed by atoms with Gasteiger partial charge in [0.2, 0.25) is 5.91 Å². The van der Waals surface area contributed by atoms with E-state index in [2.05, 4.69) is 15.4 Å². The molecular weight excluding hydrogens is 384 g/mol. The quantitative estimate of drug-likeness (QED) is 0.286. The normalized spacial score (nSPS) is 10.5. The molecule has 2 amide bonds. The minimum Gasteiger partial charge on any atom is -0.434 e. The van der Waals surface area contributed by atoms with Crippen LogP contribution in [0.3, 0.4) is 0 Å². The molecule has 158 valence electrons. The van der Waals surface area contributed by atoms with Crippen molar-refractivity contribution >= 4 is 24.0 Å². The van der Waals surface area contributed by atoms with Crippen molar-refractivity contribution < 1.29 is 23.9 Å². The predicted molar refractivity (Wildman–Crippen MR) is 114 cm³/mol. The third-order valence-electron chi connectivity index (χ3n) is 4.12. The number of ether oxygens (including phenoxy) is 2. The van der Waals surface area contributed by atoms with Crippen LogP contribution in [0.15, 0.2) is 54.6 Å². The number of hydrogen-bond donors (Lipinski definition) is 2. The largest absolute Gasteiger partial charge is 0.513 e. The average molecular weight is 410 g/mol. The van der Waals surface area contributed by atoms with Gasteiger partial charge in [0.05, 0.1) is 6.61 Å². The van der Waals surface area contributed by atoms with Crippen LogP contribution < -0.4 is 15.4 Å². The first-order chi connectivity index (χ1) is 14.5. The van der Waals surface area contributed by atoms with Crippen molar-refractivity contribution in [3.05, 3.63) is 71.3 Å². The molecule has 2 aromatic carbocycles. The Morgan fingerprint density at radius 1 is 0.967 bits per heavy atom. The highest BCUT2D eigenvalue weighted by atomic mass is 16.7. The Labute approximate surface area is 176 Å². The second-order valence-electron chi connectivity index (χ2n) is 6.40. The van der Waals surface area contributed by atoms with E-state index < -0.39 is 6.16 Å². The van der Waals surface area contributed by atoms with Crippen molar-refractivity contribution in [1.82, 2.24) is 10.6 Å². The lowest BCUT2D eigenvalue weighted by molar-refractivity contribution is -0.116. The molecule has 0 saturated carbocycles. The molecule has 30 heavy (non-hydrogen) atoms. The van der Waals surface area contributed by atoms with Gasteiger partial charge in [-0.15, -0.1) is 0 Å². The van der Waals surface area contributed by atoms with Gasteiger partial charge in [0.15, 0.2) is 0 Å². The highest BCUT2D eigenvalue weighted by molar-refractivity contribution is 5.94. The van der Waals surface area contributed by atoms with Gasteiger partial charge in [0, 0.05) is 24.7 Å². The molecule has 0 radical (unpaired) electrons. The topological polar surface area (TPSA) is 93.7 Å². The molecular formula is C23H26N2O5. The van der Waals surface area contributed by atoms with E-state index in [0.29, 0.717) is 30.8 Å². The van der Waals surface area contributed by atoms with Crippen LogP contribution in [0.25, 0.3) is 6.08 Å². The summed E-state index contributed by atoms with van der Waals surface area (Å²) in [5, 5.41) is 5.56. The van der Waals surface area contributed by atoms with Gasteiger partial charge in [-0.25, -0.2) is 4.79 Å².